The molecule has 2 heterocycles. The Morgan fingerprint density at radius 2 is 1.33 bits per heavy atom. The molecule has 1 aromatic heterocycles. The Morgan fingerprint density at radius 3 is 1.94 bits per heavy atom. The summed E-state index contributed by atoms with van der Waals surface area (Å²) in [7, 11) is 0. The minimum absolute atomic E-state index is 0.0502. The number of nitrogens with one attached hydrogen (secondary N) is 1. The van der Waals surface area contributed by atoms with Crippen molar-refractivity contribution in [2.45, 2.75) is 44.2 Å². The first-order chi connectivity index (χ1) is 17.1. The van der Waals surface area contributed by atoms with Gasteiger partial charge >= 0.3 is 12.4 Å². The first-order valence-corrected chi connectivity index (χ1v) is 11.8. The Kier molecular flexibility index (Phi) is 6.32. The highest BCUT2D eigenvalue weighted by atomic mass is 19.4. The number of hydrogen-bond donors (Lipinski definition) is 1. The summed E-state index contributed by atoms with van der Waals surface area (Å²) in [5, 5.41) is 1.15. The van der Waals surface area contributed by atoms with Crippen LogP contribution in [0, 0.1) is 0 Å². The van der Waals surface area contributed by atoms with Crippen molar-refractivity contribution >= 4 is 10.9 Å². The lowest BCUT2D eigenvalue weighted by molar-refractivity contribution is -0.138. The Balaban J connectivity index is 1.41. The van der Waals surface area contributed by atoms with Crippen molar-refractivity contribution in [2.24, 2.45) is 0 Å². The van der Waals surface area contributed by atoms with E-state index in [1.165, 1.54) is 29.8 Å². The van der Waals surface area contributed by atoms with Gasteiger partial charge < -0.3 is 4.98 Å². The molecule has 3 aromatic carbocycles. The summed E-state index contributed by atoms with van der Waals surface area (Å²) in [5.41, 5.74) is 3.56. The maximum atomic E-state index is 13.0. The Morgan fingerprint density at radius 1 is 0.750 bits per heavy atom. The molecule has 4 aromatic rings. The molecule has 1 aliphatic rings. The van der Waals surface area contributed by atoms with Crippen molar-refractivity contribution in [3.63, 3.8) is 0 Å². The average Bonchev–Trinajstić information content (AvgIpc) is 3.21. The molecule has 1 atom stereocenters. The average molecular weight is 503 g/mol. The fourth-order valence-electron chi connectivity index (χ4n) is 5.08. The number of aromatic nitrogens is 1. The highest BCUT2D eigenvalue weighted by Gasteiger charge is 2.33. The molecular formula is C28H24F6N2. The molecule has 0 radical (unpaired) electrons. The largest absolute Gasteiger partial charge is 0.416 e. The maximum Gasteiger partial charge on any atom is 0.416 e. The van der Waals surface area contributed by atoms with Gasteiger partial charge in [-0.2, -0.15) is 26.3 Å². The second kappa shape index (κ2) is 9.32. The van der Waals surface area contributed by atoms with Gasteiger partial charge in [0.15, 0.2) is 0 Å². The number of hydrogen-bond acceptors (Lipinski definition) is 1. The molecule has 0 aliphatic carbocycles. The van der Waals surface area contributed by atoms with Gasteiger partial charge in [0.1, 0.15) is 0 Å². The summed E-state index contributed by atoms with van der Waals surface area (Å²) >= 11 is 0. The van der Waals surface area contributed by atoms with Crippen LogP contribution in [0.15, 0.2) is 72.8 Å². The zero-order valence-electron chi connectivity index (χ0n) is 19.3. The zero-order chi connectivity index (χ0) is 25.5. The number of nitrogens with zero attached hydrogens (tertiary/aromatic N) is 1. The van der Waals surface area contributed by atoms with Gasteiger partial charge in [-0.15, -0.1) is 0 Å². The van der Waals surface area contributed by atoms with Crippen molar-refractivity contribution in [2.75, 3.05) is 6.54 Å². The number of fused-ring (bicyclic) bond motifs is 3. The lowest BCUT2D eigenvalue weighted by atomic mass is 9.92. The van der Waals surface area contributed by atoms with Gasteiger partial charge in [0.25, 0.3) is 0 Å². The molecule has 0 amide bonds. The van der Waals surface area contributed by atoms with Crippen LogP contribution in [0.4, 0.5) is 26.3 Å². The smallest absolute Gasteiger partial charge is 0.357 e. The monoisotopic (exact) mass is 502 g/mol. The minimum Gasteiger partial charge on any atom is -0.357 e. The number of H-pyrrole nitrogens is 1. The summed E-state index contributed by atoms with van der Waals surface area (Å²) in [6.45, 7) is 1.21. The van der Waals surface area contributed by atoms with Crippen LogP contribution in [0.25, 0.3) is 10.9 Å². The third-order valence-electron chi connectivity index (χ3n) is 6.92. The predicted octanol–water partition coefficient (Wildman–Crippen LogP) is 7.94. The molecular weight excluding hydrogens is 478 g/mol. The van der Waals surface area contributed by atoms with Crippen LogP contribution in [-0.2, 0) is 31.7 Å². The molecule has 8 heteroatoms. The first kappa shape index (κ1) is 24.4. The molecule has 1 aliphatic heterocycles. The van der Waals surface area contributed by atoms with E-state index in [-0.39, 0.29) is 6.04 Å². The Bertz CT molecular complexity index is 1330. The number of halogens is 6. The van der Waals surface area contributed by atoms with Crippen LogP contribution >= 0.6 is 0 Å². The summed E-state index contributed by atoms with van der Waals surface area (Å²) in [6, 6.07) is 18.4. The summed E-state index contributed by atoms with van der Waals surface area (Å²) in [6.07, 6.45) is -6.73. The normalized spacial score (nSPS) is 16.9. The van der Waals surface area contributed by atoms with Crippen LogP contribution < -0.4 is 0 Å². The van der Waals surface area contributed by atoms with Crippen LogP contribution in [-0.4, -0.2) is 16.4 Å². The molecule has 2 nitrogen and oxygen atoms in total. The molecule has 1 unspecified atom stereocenters. The second-order valence-corrected chi connectivity index (χ2v) is 9.23. The number of aryl methyl sites for hydroxylation is 1. The summed E-state index contributed by atoms with van der Waals surface area (Å²) < 4.78 is 77.8. The van der Waals surface area contributed by atoms with Gasteiger partial charge in [-0.25, -0.2) is 0 Å². The van der Waals surface area contributed by atoms with E-state index >= 15 is 0 Å². The van der Waals surface area contributed by atoms with E-state index in [0.29, 0.717) is 19.4 Å². The molecule has 0 saturated carbocycles. The van der Waals surface area contributed by atoms with Gasteiger partial charge in [0, 0.05) is 29.7 Å². The van der Waals surface area contributed by atoms with Gasteiger partial charge in [-0.05, 0) is 66.3 Å². The fraction of sp³-hybridized carbons (Fsp3) is 0.286. The van der Waals surface area contributed by atoms with Crippen molar-refractivity contribution in [1.29, 1.82) is 0 Å². The lowest BCUT2D eigenvalue weighted by Crippen LogP contribution is -2.35. The van der Waals surface area contributed by atoms with E-state index in [1.807, 2.05) is 18.2 Å². The van der Waals surface area contributed by atoms with Crippen molar-refractivity contribution in [3.05, 3.63) is 106 Å². The molecule has 0 spiro atoms. The van der Waals surface area contributed by atoms with E-state index in [9.17, 15) is 26.3 Å². The van der Waals surface area contributed by atoms with Crippen molar-refractivity contribution in [1.82, 2.24) is 9.88 Å². The molecule has 0 saturated heterocycles. The van der Waals surface area contributed by atoms with E-state index in [4.69, 9.17) is 0 Å². The zero-order valence-corrected chi connectivity index (χ0v) is 19.3. The van der Waals surface area contributed by atoms with Gasteiger partial charge in [-0.3, -0.25) is 4.90 Å². The molecule has 5 rings (SSSR count). The molecule has 0 fully saturated rings. The topological polar surface area (TPSA) is 19.0 Å². The van der Waals surface area contributed by atoms with E-state index in [1.54, 1.807) is 0 Å². The predicted molar refractivity (Wildman–Crippen MR) is 126 cm³/mol. The van der Waals surface area contributed by atoms with Crippen LogP contribution in [0.5, 0.6) is 0 Å². The van der Waals surface area contributed by atoms with E-state index < -0.39 is 23.5 Å². The molecule has 1 N–H and O–H groups in total. The van der Waals surface area contributed by atoms with Gasteiger partial charge in [0.05, 0.1) is 17.2 Å². The van der Waals surface area contributed by atoms with E-state index in [2.05, 4.69) is 16.0 Å². The highest BCUT2D eigenvalue weighted by molar-refractivity contribution is 5.85. The van der Waals surface area contributed by atoms with Gasteiger partial charge in [0.2, 0.25) is 0 Å². The number of para-hydroxylation sites is 1. The van der Waals surface area contributed by atoms with Crippen LogP contribution in [0.3, 0.4) is 0 Å². The third-order valence-corrected chi connectivity index (χ3v) is 6.92. The van der Waals surface area contributed by atoms with Crippen LogP contribution in [0.2, 0.25) is 0 Å². The minimum atomic E-state index is -4.38. The molecule has 0 bridgehead atoms. The molecule has 36 heavy (non-hydrogen) atoms. The number of benzene rings is 3. The number of aromatic amines is 1. The summed E-state index contributed by atoms with van der Waals surface area (Å²) in [4.78, 5) is 5.78. The van der Waals surface area contributed by atoms with Crippen LogP contribution in [0.1, 0.15) is 46.0 Å². The van der Waals surface area contributed by atoms with Crippen molar-refractivity contribution in [3.8, 4) is 0 Å². The van der Waals surface area contributed by atoms with Crippen molar-refractivity contribution < 1.29 is 26.3 Å². The SMILES string of the molecule is FC(F)(F)c1ccc(CCC2c3[nH]c4ccccc4c3CCN2Cc2ccc(C(F)(F)F)cc2)cc1. The first-order valence-electron chi connectivity index (χ1n) is 11.8. The van der Waals surface area contributed by atoms with Gasteiger partial charge in [-0.1, -0.05) is 42.5 Å². The number of rotatable bonds is 5. The Hall–Kier alpha value is -3.26. The number of alkyl halides is 6. The third kappa shape index (κ3) is 5.00. The second-order valence-electron chi connectivity index (χ2n) is 9.23. The summed E-state index contributed by atoms with van der Waals surface area (Å²) in [5.74, 6) is 0. The molecule has 188 valence electrons. The maximum absolute atomic E-state index is 13.0. The fourth-order valence-corrected chi connectivity index (χ4v) is 5.08. The highest BCUT2D eigenvalue weighted by Crippen LogP contribution is 2.38. The lowest BCUT2D eigenvalue weighted by Gasteiger charge is -2.36. The van der Waals surface area contributed by atoms with E-state index in [0.717, 1.165) is 65.0 Å². The quantitative estimate of drug-likeness (QED) is 0.275. The standard InChI is InChI=1S/C28H24F6N2/c29-27(30,31)20-10-5-18(6-11-20)9-14-25-26-23(22-3-1-2-4-24(22)35-26)15-16-36(25)17-19-7-12-21(13-8-19)28(32,33)34/h1-8,10-13,25,35H,9,14-17H2. The Labute approximate surface area is 204 Å².